The van der Waals surface area contributed by atoms with Crippen molar-refractivity contribution in [1.29, 1.82) is 0 Å². The van der Waals surface area contributed by atoms with Crippen LogP contribution in [0.4, 0.5) is 13.2 Å². The van der Waals surface area contributed by atoms with E-state index in [2.05, 4.69) is 4.74 Å². The lowest BCUT2D eigenvalue weighted by Gasteiger charge is -2.13. The summed E-state index contributed by atoms with van der Waals surface area (Å²) >= 11 is 1.78. The molecule has 0 aliphatic heterocycles. The van der Waals surface area contributed by atoms with Gasteiger partial charge in [-0.25, -0.2) is 0 Å². The van der Waals surface area contributed by atoms with Crippen LogP contribution in [-0.2, 0) is 22.1 Å². The topological polar surface area (TPSA) is 26.3 Å². The van der Waals surface area contributed by atoms with E-state index in [4.69, 9.17) is 0 Å². The van der Waals surface area contributed by atoms with Crippen molar-refractivity contribution in [2.24, 2.45) is 0 Å². The highest BCUT2D eigenvalue weighted by Crippen LogP contribution is 2.34. The van der Waals surface area contributed by atoms with Gasteiger partial charge in [0.2, 0.25) is 0 Å². The van der Waals surface area contributed by atoms with Gasteiger partial charge >= 0.3 is 12.1 Å². The highest BCUT2D eigenvalue weighted by Gasteiger charge is 2.34. The molecule has 17 heavy (non-hydrogen) atoms. The number of alkyl halides is 3. The van der Waals surface area contributed by atoms with Crippen LogP contribution in [0.5, 0.6) is 0 Å². The fourth-order valence-electron chi connectivity index (χ4n) is 1.36. The fraction of sp³-hybridized carbons (Fsp3) is 0.364. The first-order valence-corrected chi connectivity index (χ1v) is 5.94. The molecule has 0 aromatic heterocycles. The van der Waals surface area contributed by atoms with Gasteiger partial charge in [0.1, 0.15) is 0 Å². The number of rotatable bonds is 3. The fourth-order valence-corrected chi connectivity index (χ4v) is 2.05. The first-order chi connectivity index (χ1) is 7.86. The Morgan fingerprint density at radius 1 is 1.41 bits per heavy atom. The van der Waals surface area contributed by atoms with Crippen LogP contribution in [0, 0.1) is 3.57 Å². The van der Waals surface area contributed by atoms with E-state index in [9.17, 15) is 18.0 Å². The predicted molar refractivity (Wildman–Crippen MR) is 64.5 cm³/mol. The molecule has 6 heteroatoms. The summed E-state index contributed by atoms with van der Waals surface area (Å²) in [6.45, 7) is 1.77. The summed E-state index contributed by atoms with van der Waals surface area (Å²) in [5.41, 5.74) is -0.809. The molecule has 1 rings (SSSR count). The van der Waals surface area contributed by atoms with E-state index in [1.807, 2.05) is 0 Å². The minimum absolute atomic E-state index is 0.0287. The first kappa shape index (κ1) is 14.3. The molecule has 0 atom stereocenters. The SMILES string of the molecule is CCOC(=O)Cc1c(I)cccc1C(F)(F)F. The number of esters is 1. The van der Waals surface area contributed by atoms with Crippen LogP contribution >= 0.6 is 22.6 Å². The molecule has 0 fully saturated rings. The largest absolute Gasteiger partial charge is 0.466 e. The van der Waals surface area contributed by atoms with Crippen LogP contribution < -0.4 is 0 Å². The number of carbonyl (C=O) groups is 1. The van der Waals surface area contributed by atoms with Gasteiger partial charge < -0.3 is 4.74 Å². The van der Waals surface area contributed by atoms with Crippen molar-refractivity contribution in [2.75, 3.05) is 6.61 Å². The molecule has 0 amide bonds. The van der Waals surface area contributed by atoms with Crippen LogP contribution in [0.2, 0.25) is 0 Å². The smallest absolute Gasteiger partial charge is 0.416 e. The second-order valence-electron chi connectivity index (χ2n) is 3.25. The van der Waals surface area contributed by atoms with Crippen molar-refractivity contribution in [3.05, 3.63) is 32.9 Å². The minimum Gasteiger partial charge on any atom is -0.466 e. The Kier molecular flexibility index (Phi) is 4.79. The number of hydrogen-bond donors (Lipinski definition) is 0. The second kappa shape index (κ2) is 5.70. The summed E-state index contributed by atoms with van der Waals surface area (Å²) in [5, 5.41) is 0. The van der Waals surface area contributed by atoms with E-state index in [1.54, 1.807) is 29.5 Å². The van der Waals surface area contributed by atoms with Gasteiger partial charge in [0.15, 0.2) is 0 Å². The Hall–Kier alpha value is -0.790. The van der Waals surface area contributed by atoms with Crippen molar-refractivity contribution in [2.45, 2.75) is 19.5 Å². The molecule has 0 saturated carbocycles. The van der Waals surface area contributed by atoms with E-state index in [0.29, 0.717) is 3.57 Å². The van der Waals surface area contributed by atoms with Crippen molar-refractivity contribution in [1.82, 2.24) is 0 Å². The Morgan fingerprint density at radius 3 is 2.59 bits per heavy atom. The van der Waals surface area contributed by atoms with Crippen molar-refractivity contribution < 1.29 is 22.7 Å². The molecule has 2 nitrogen and oxygen atoms in total. The van der Waals surface area contributed by atoms with E-state index >= 15 is 0 Å². The Bertz CT molecular complexity index is 416. The molecule has 0 aliphatic rings. The predicted octanol–water partition coefficient (Wildman–Crippen LogP) is 3.42. The van der Waals surface area contributed by atoms with Gasteiger partial charge in [-0.1, -0.05) is 6.07 Å². The van der Waals surface area contributed by atoms with Gasteiger partial charge in [-0.05, 0) is 47.2 Å². The molecule has 0 aliphatic carbocycles. The van der Waals surface area contributed by atoms with E-state index < -0.39 is 17.7 Å². The zero-order valence-corrected chi connectivity index (χ0v) is 11.1. The number of hydrogen-bond acceptors (Lipinski definition) is 2. The molecular weight excluding hydrogens is 348 g/mol. The average Bonchev–Trinajstić information content (AvgIpc) is 2.19. The van der Waals surface area contributed by atoms with Gasteiger partial charge in [-0.2, -0.15) is 13.2 Å². The maximum absolute atomic E-state index is 12.7. The molecule has 0 saturated heterocycles. The highest BCUT2D eigenvalue weighted by atomic mass is 127. The van der Waals surface area contributed by atoms with Gasteiger partial charge in [0.05, 0.1) is 18.6 Å². The average molecular weight is 358 g/mol. The molecule has 0 heterocycles. The van der Waals surface area contributed by atoms with E-state index in [1.165, 1.54) is 12.1 Å². The molecule has 0 radical (unpaired) electrons. The number of carbonyl (C=O) groups excluding carboxylic acids is 1. The quantitative estimate of drug-likeness (QED) is 0.612. The Labute approximate surface area is 110 Å². The summed E-state index contributed by atoms with van der Waals surface area (Å²) in [7, 11) is 0. The number of ether oxygens (including phenoxy) is 1. The van der Waals surface area contributed by atoms with E-state index in [-0.39, 0.29) is 18.6 Å². The van der Waals surface area contributed by atoms with Crippen molar-refractivity contribution in [3.8, 4) is 0 Å². The third-order valence-corrected chi connectivity index (χ3v) is 3.06. The summed E-state index contributed by atoms with van der Waals surface area (Å²) in [6.07, 6.45) is -4.81. The third-order valence-electron chi connectivity index (χ3n) is 2.05. The maximum atomic E-state index is 12.7. The molecule has 0 bridgehead atoms. The van der Waals surface area contributed by atoms with Crippen LogP contribution in [-0.4, -0.2) is 12.6 Å². The van der Waals surface area contributed by atoms with Crippen LogP contribution in [0.3, 0.4) is 0 Å². The van der Waals surface area contributed by atoms with Crippen molar-refractivity contribution in [3.63, 3.8) is 0 Å². The summed E-state index contributed by atoms with van der Waals surface area (Å²) in [4.78, 5) is 11.3. The standard InChI is InChI=1S/C11H10F3IO2/c1-2-17-10(16)6-7-8(11(12,13)14)4-3-5-9(7)15/h3-5H,2,6H2,1H3. The third kappa shape index (κ3) is 3.86. The zero-order chi connectivity index (χ0) is 13.1. The van der Waals surface area contributed by atoms with Gasteiger partial charge in [-0.15, -0.1) is 0 Å². The van der Waals surface area contributed by atoms with Crippen molar-refractivity contribution >= 4 is 28.6 Å². The summed E-state index contributed by atoms with van der Waals surface area (Å²) in [6, 6.07) is 3.82. The Morgan fingerprint density at radius 2 is 2.06 bits per heavy atom. The normalized spacial score (nSPS) is 11.4. The molecular formula is C11H10F3IO2. The minimum atomic E-state index is -4.46. The van der Waals surface area contributed by atoms with Crippen LogP contribution in [0.25, 0.3) is 0 Å². The lowest BCUT2D eigenvalue weighted by atomic mass is 10.0. The number of benzene rings is 1. The maximum Gasteiger partial charge on any atom is 0.416 e. The zero-order valence-electron chi connectivity index (χ0n) is 8.97. The monoisotopic (exact) mass is 358 g/mol. The molecule has 0 spiro atoms. The second-order valence-corrected chi connectivity index (χ2v) is 4.41. The van der Waals surface area contributed by atoms with Crippen LogP contribution in [0.15, 0.2) is 18.2 Å². The first-order valence-electron chi connectivity index (χ1n) is 4.86. The molecule has 0 N–H and O–H groups in total. The summed E-state index contributed by atoms with van der Waals surface area (Å²) < 4.78 is 43.2. The number of halogens is 4. The van der Waals surface area contributed by atoms with Gasteiger partial charge in [-0.3, -0.25) is 4.79 Å². The molecule has 1 aromatic carbocycles. The molecule has 0 unspecified atom stereocenters. The lowest BCUT2D eigenvalue weighted by molar-refractivity contribution is -0.143. The molecule has 94 valence electrons. The molecule has 1 aromatic rings. The highest BCUT2D eigenvalue weighted by molar-refractivity contribution is 14.1. The Balaban J connectivity index is 3.09. The van der Waals surface area contributed by atoms with Gasteiger partial charge in [0.25, 0.3) is 0 Å². The summed E-state index contributed by atoms with van der Waals surface area (Å²) in [5.74, 6) is -0.651. The lowest BCUT2D eigenvalue weighted by Crippen LogP contribution is -2.15. The van der Waals surface area contributed by atoms with Gasteiger partial charge in [0, 0.05) is 3.57 Å². The van der Waals surface area contributed by atoms with Crippen LogP contribution in [0.1, 0.15) is 18.1 Å². The van der Waals surface area contributed by atoms with E-state index in [0.717, 1.165) is 6.07 Å².